The van der Waals surface area contributed by atoms with Gasteiger partial charge in [-0.25, -0.2) is 0 Å². The molecule has 0 saturated heterocycles. The summed E-state index contributed by atoms with van der Waals surface area (Å²) < 4.78 is 10.5. The lowest BCUT2D eigenvalue weighted by atomic mass is 9.99. The van der Waals surface area contributed by atoms with Gasteiger partial charge in [-0.3, -0.25) is 4.79 Å². The summed E-state index contributed by atoms with van der Waals surface area (Å²) in [4.78, 5) is 27.4. The highest BCUT2D eigenvalue weighted by Crippen LogP contribution is 2.29. The second-order valence-electron chi connectivity index (χ2n) is 6.24. The predicted molar refractivity (Wildman–Crippen MR) is 100 cm³/mol. The van der Waals surface area contributed by atoms with E-state index in [2.05, 4.69) is 13.8 Å². The molecule has 0 saturated carbocycles. The first kappa shape index (κ1) is 20.8. The number of carboxylic acid groups (broad SMARTS) is 1. The second-order valence-corrected chi connectivity index (χ2v) is 6.68. The molecule has 0 aliphatic rings. The first-order chi connectivity index (χ1) is 12.8. The van der Waals surface area contributed by atoms with Crippen molar-refractivity contribution in [1.29, 1.82) is 0 Å². The normalized spacial score (nSPS) is 11.7. The quantitative estimate of drug-likeness (QED) is 0.161. The Balaban J connectivity index is 1.92. The van der Waals surface area contributed by atoms with E-state index in [1.54, 1.807) is 13.8 Å². The van der Waals surface area contributed by atoms with Gasteiger partial charge in [0.15, 0.2) is 5.75 Å². The Bertz CT molecular complexity index is 793. The van der Waals surface area contributed by atoms with Crippen molar-refractivity contribution < 1.29 is 28.1 Å². The first-order valence-corrected chi connectivity index (χ1v) is 9.14. The van der Waals surface area contributed by atoms with E-state index in [1.807, 2.05) is 24.3 Å². The summed E-state index contributed by atoms with van der Waals surface area (Å²) >= 11 is 0.629. The summed E-state index contributed by atoms with van der Waals surface area (Å²) in [6, 6.07) is 10.5. The summed E-state index contributed by atoms with van der Waals surface area (Å²) in [5.74, 6) is -1.32. The van der Waals surface area contributed by atoms with Crippen LogP contribution in [0.4, 0.5) is 0 Å². The molecule has 7 heteroatoms. The highest BCUT2D eigenvalue weighted by atomic mass is 32.2. The van der Waals surface area contributed by atoms with Crippen LogP contribution in [0.5, 0.6) is 11.5 Å². The zero-order chi connectivity index (χ0) is 20.0. The van der Waals surface area contributed by atoms with Crippen LogP contribution in [0.2, 0.25) is 0 Å². The molecule has 0 heterocycles. The van der Waals surface area contributed by atoms with Gasteiger partial charge in [0.2, 0.25) is 5.78 Å². The van der Waals surface area contributed by atoms with Crippen molar-refractivity contribution in [2.24, 2.45) is 0 Å². The number of aryl methyl sites for hydroxylation is 2. The topological polar surface area (TPSA) is 84.9 Å². The largest absolute Gasteiger partial charge is 0.541 e. The van der Waals surface area contributed by atoms with Gasteiger partial charge in [0.25, 0.3) is 12.3 Å². The average molecular weight is 389 g/mol. The summed E-state index contributed by atoms with van der Waals surface area (Å²) in [6.07, 6.45) is 1.06. The number of hydrogen-bond acceptors (Lipinski definition) is 7. The zero-order valence-corrected chi connectivity index (χ0v) is 16.4. The first-order valence-electron chi connectivity index (χ1n) is 8.48. The third-order valence-corrected chi connectivity index (χ3v) is 4.60. The monoisotopic (exact) mass is 389 g/mol. The number of rotatable bonds is 9. The SMILES string of the molecule is CCC(C)c1ccc(OOSOc2c(C)cc(C(=O)C(=O)[O-])cc2C)cc1. The number of aliphatic carboxylic acids is 1. The fourth-order valence-corrected chi connectivity index (χ4v) is 2.98. The Labute approximate surface area is 162 Å². The minimum absolute atomic E-state index is 0.0425. The number of carbonyl (C=O) groups is 2. The maximum Gasteiger partial charge on any atom is 0.271 e. The highest BCUT2D eigenvalue weighted by Gasteiger charge is 2.13. The van der Waals surface area contributed by atoms with Gasteiger partial charge >= 0.3 is 0 Å². The molecule has 0 aromatic heterocycles. The van der Waals surface area contributed by atoms with Gasteiger partial charge in [0.1, 0.15) is 11.7 Å². The van der Waals surface area contributed by atoms with Crippen molar-refractivity contribution in [3.05, 3.63) is 58.7 Å². The molecule has 2 aromatic carbocycles. The summed E-state index contributed by atoms with van der Waals surface area (Å²) in [7, 11) is 0. The lowest BCUT2D eigenvalue weighted by Gasteiger charge is -2.12. The van der Waals surface area contributed by atoms with E-state index < -0.39 is 11.8 Å². The van der Waals surface area contributed by atoms with E-state index in [9.17, 15) is 14.7 Å². The van der Waals surface area contributed by atoms with Crippen LogP contribution in [0.15, 0.2) is 36.4 Å². The lowest BCUT2D eigenvalue weighted by molar-refractivity contribution is -0.296. The minimum atomic E-state index is -1.74. The number of hydrogen-bond donors (Lipinski definition) is 0. The molecule has 0 N–H and O–H groups in total. The van der Waals surface area contributed by atoms with Crippen molar-refractivity contribution >= 4 is 24.1 Å². The molecule has 0 aliphatic carbocycles. The van der Waals surface area contributed by atoms with Gasteiger partial charge in [0.05, 0.1) is 0 Å². The fraction of sp³-hybridized carbons (Fsp3) is 0.300. The Hall–Kier alpha value is -2.51. The molecule has 0 fully saturated rings. The van der Waals surface area contributed by atoms with Crippen LogP contribution in [-0.4, -0.2) is 11.8 Å². The third-order valence-electron chi connectivity index (χ3n) is 4.24. The second kappa shape index (κ2) is 9.43. The van der Waals surface area contributed by atoms with Crippen LogP contribution in [0.1, 0.15) is 53.2 Å². The summed E-state index contributed by atoms with van der Waals surface area (Å²) in [5, 5.41) is 10.7. The fourth-order valence-electron chi connectivity index (χ4n) is 2.52. The highest BCUT2D eigenvalue weighted by molar-refractivity contribution is 7.90. The molecule has 0 bridgehead atoms. The van der Waals surface area contributed by atoms with Crippen molar-refractivity contribution in [3.63, 3.8) is 0 Å². The Kier molecular flexibility index (Phi) is 7.27. The minimum Gasteiger partial charge on any atom is -0.541 e. The van der Waals surface area contributed by atoms with Crippen molar-refractivity contribution in [3.8, 4) is 11.5 Å². The molecule has 0 aliphatic heterocycles. The molecule has 6 nitrogen and oxygen atoms in total. The summed E-state index contributed by atoms with van der Waals surface area (Å²) in [5.41, 5.74) is 2.45. The van der Waals surface area contributed by atoms with Crippen molar-refractivity contribution in [2.75, 3.05) is 0 Å². The maximum absolute atomic E-state index is 11.5. The van der Waals surface area contributed by atoms with E-state index in [-0.39, 0.29) is 5.56 Å². The van der Waals surface area contributed by atoms with Crippen LogP contribution in [-0.2, 0) is 9.13 Å². The van der Waals surface area contributed by atoms with E-state index in [1.165, 1.54) is 17.7 Å². The molecule has 144 valence electrons. The maximum atomic E-state index is 11.5. The number of ketones is 1. The van der Waals surface area contributed by atoms with Gasteiger partial charge in [-0.1, -0.05) is 30.3 Å². The van der Waals surface area contributed by atoms with Crippen LogP contribution in [0.3, 0.4) is 0 Å². The van der Waals surface area contributed by atoms with Gasteiger partial charge < -0.3 is 19.0 Å². The molecule has 0 spiro atoms. The van der Waals surface area contributed by atoms with Gasteiger partial charge in [-0.05, 0) is 67.1 Å². The Morgan fingerprint density at radius 1 is 1.11 bits per heavy atom. The van der Waals surface area contributed by atoms with Gasteiger partial charge in [-0.15, -0.1) is 0 Å². The molecule has 1 atom stereocenters. The lowest BCUT2D eigenvalue weighted by Crippen LogP contribution is -2.31. The van der Waals surface area contributed by atoms with E-state index >= 15 is 0 Å². The number of benzene rings is 2. The van der Waals surface area contributed by atoms with Crippen LogP contribution < -0.4 is 14.2 Å². The van der Waals surface area contributed by atoms with Gasteiger partial charge in [0, 0.05) is 5.56 Å². The van der Waals surface area contributed by atoms with Crippen LogP contribution in [0, 0.1) is 13.8 Å². The number of carboxylic acids is 1. The van der Waals surface area contributed by atoms with E-state index in [0.717, 1.165) is 6.42 Å². The Morgan fingerprint density at radius 2 is 1.70 bits per heavy atom. The zero-order valence-electron chi connectivity index (χ0n) is 15.6. The standard InChI is InChI=1S/C20H22O6S/c1-5-12(2)15-6-8-17(9-7-15)24-26-27-25-19-13(3)10-16(11-14(19)4)18(21)20(22)23/h6-12H,5H2,1-4H3,(H,22,23)/p-1. The Morgan fingerprint density at radius 3 is 2.22 bits per heavy atom. The molecule has 1 unspecified atom stereocenters. The van der Waals surface area contributed by atoms with Gasteiger partial charge in [-0.2, -0.15) is 0 Å². The predicted octanol–water partition coefficient (Wildman–Crippen LogP) is 3.70. The van der Waals surface area contributed by atoms with Crippen LogP contribution in [0.25, 0.3) is 0 Å². The number of Topliss-reactive ketones (excluding diaryl/α,β-unsaturated/α-hetero) is 1. The van der Waals surface area contributed by atoms with Crippen LogP contribution >= 0.6 is 12.3 Å². The van der Waals surface area contributed by atoms with Crippen molar-refractivity contribution in [2.45, 2.75) is 40.0 Å². The van der Waals surface area contributed by atoms with E-state index in [0.29, 0.717) is 40.9 Å². The summed E-state index contributed by atoms with van der Waals surface area (Å²) in [6.45, 7) is 7.69. The van der Waals surface area contributed by atoms with Crippen molar-refractivity contribution in [1.82, 2.24) is 0 Å². The third kappa shape index (κ3) is 5.48. The molecule has 2 rings (SSSR count). The smallest absolute Gasteiger partial charge is 0.271 e. The molecule has 2 aromatic rings. The molecule has 0 amide bonds. The number of carbonyl (C=O) groups excluding carboxylic acids is 2. The van der Waals surface area contributed by atoms with E-state index in [4.69, 9.17) is 13.4 Å². The molecule has 0 radical (unpaired) electrons. The average Bonchev–Trinajstić information content (AvgIpc) is 2.65. The molecule has 27 heavy (non-hydrogen) atoms. The molecular formula is C20H21O6S-. The molecular weight excluding hydrogens is 368 g/mol.